The maximum absolute atomic E-state index is 6.52. The molecular formula is C12H18BrClN2. The minimum atomic E-state index is 0.265. The van der Waals surface area contributed by atoms with Gasteiger partial charge in [-0.2, -0.15) is 5.10 Å². The van der Waals surface area contributed by atoms with Gasteiger partial charge in [0.25, 0.3) is 0 Å². The van der Waals surface area contributed by atoms with Gasteiger partial charge in [0, 0.05) is 17.8 Å². The van der Waals surface area contributed by atoms with Gasteiger partial charge in [-0.15, -0.1) is 11.6 Å². The van der Waals surface area contributed by atoms with Crippen molar-refractivity contribution >= 4 is 27.5 Å². The summed E-state index contributed by atoms with van der Waals surface area (Å²) in [6, 6.07) is 0. The molecule has 0 radical (unpaired) electrons. The van der Waals surface area contributed by atoms with Crippen molar-refractivity contribution in [3.63, 3.8) is 0 Å². The van der Waals surface area contributed by atoms with Gasteiger partial charge >= 0.3 is 0 Å². The average molecular weight is 306 g/mol. The van der Waals surface area contributed by atoms with Crippen molar-refractivity contribution in [2.24, 2.45) is 0 Å². The topological polar surface area (TPSA) is 17.8 Å². The van der Waals surface area contributed by atoms with E-state index in [1.807, 2.05) is 6.20 Å². The number of hydrogen-bond donors (Lipinski definition) is 0. The highest BCUT2D eigenvalue weighted by atomic mass is 79.9. The third kappa shape index (κ3) is 2.45. The number of rotatable bonds is 2. The summed E-state index contributed by atoms with van der Waals surface area (Å²) in [7, 11) is 0. The van der Waals surface area contributed by atoms with Crippen molar-refractivity contribution in [1.82, 2.24) is 9.78 Å². The molecule has 1 aromatic rings. The van der Waals surface area contributed by atoms with Crippen LogP contribution in [0.5, 0.6) is 0 Å². The Morgan fingerprint density at radius 2 is 2.19 bits per heavy atom. The lowest BCUT2D eigenvalue weighted by atomic mass is 9.96. The number of nitrogens with zero attached hydrogens (tertiary/aromatic N) is 2. The van der Waals surface area contributed by atoms with Crippen molar-refractivity contribution in [1.29, 1.82) is 0 Å². The van der Waals surface area contributed by atoms with E-state index in [9.17, 15) is 0 Å². The zero-order chi connectivity index (χ0) is 11.5. The summed E-state index contributed by atoms with van der Waals surface area (Å²) in [6.45, 7) is 3.05. The fourth-order valence-electron chi connectivity index (χ4n) is 2.56. The smallest absolute Gasteiger partial charge is 0.0635 e. The van der Waals surface area contributed by atoms with Crippen molar-refractivity contribution in [3.8, 4) is 0 Å². The maximum atomic E-state index is 6.52. The molecule has 0 aromatic carbocycles. The van der Waals surface area contributed by atoms with Crippen LogP contribution in [0.3, 0.4) is 0 Å². The van der Waals surface area contributed by atoms with Crippen LogP contribution in [0.15, 0.2) is 10.7 Å². The lowest BCUT2D eigenvalue weighted by Crippen LogP contribution is -2.16. The highest BCUT2D eigenvalue weighted by Gasteiger charge is 2.27. The maximum Gasteiger partial charge on any atom is 0.0635 e. The molecule has 1 heterocycles. The molecule has 1 aliphatic carbocycles. The molecule has 0 amide bonds. The van der Waals surface area contributed by atoms with E-state index < -0.39 is 0 Å². The second-order valence-corrected chi connectivity index (χ2v) is 5.87. The fourth-order valence-corrected chi connectivity index (χ4v) is 3.55. The van der Waals surface area contributed by atoms with E-state index in [-0.39, 0.29) is 5.38 Å². The van der Waals surface area contributed by atoms with E-state index in [0.29, 0.717) is 5.92 Å². The molecule has 2 atom stereocenters. The second-order valence-electron chi connectivity index (χ2n) is 4.45. The second kappa shape index (κ2) is 5.54. The Bertz CT molecular complexity index is 351. The van der Waals surface area contributed by atoms with Gasteiger partial charge in [-0.1, -0.05) is 19.3 Å². The van der Waals surface area contributed by atoms with E-state index >= 15 is 0 Å². The molecule has 0 bridgehead atoms. The molecule has 0 spiro atoms. The molecule has 1 aliphatic rings. The number of halogens is 2. The van der Waals surface area contributed by atoms with Gasteiger partial charge < -0.3 is 0 Å². The Hall–Kier alpha value is -0.0200. The molecule has 2 nitrogen and oxygen atoms in total. The van der Waals surface area contributed by atoms with Crippen LogP contribution < -0.4 is 0 Å². The molecule has 2 unspecified atom stereocenters. The number of aryl methyl sites for hydroxylation is 1. The van der Waals surface area contributed by atoms with Crippen LogP contribution in [0.4, 0.5) is 0 Å². The summed E-state index contributed by atoms with van der Waals surface area (Å²) >= 11 is 10.1. The molecule has 1 saturated carbocycles. The molecule has 1 fully saturated rings. The Morgan fingerprint density at radius 3 is 2.94 bits per heavy atom. The number of hydrogen-bond acceptors (Lipinski definition) is 1. The van der Waals surface area contributed by atoms with Crippen LogP contribution in [0, 0.1) is 0 Å². The van der Waals surface area contributed by atoms with E-state index in [2.05, 4.69) is 32.6 Å². The summed E-state index contributed by atoms with van der Waals surface area (Å²) < 4.78 is 3.20. The molecule has 16 heavy (non-hydrogen) atoms. The van der Waals surface area contributed by atoms with Crippen molar-refractivity contribution < 1.29 is 0 Å². The van der Waals surface area contributed by atoms with Gasteiger partial charge in [-0.25, -0.2) is 0 Å². The fraction of sp³-hybridized carbons (Fsp3) is 0.750. The monoisotopic (exact) mass is 304 g/mol. The lowest BCUT2D eigenvalue weighted by Gasteiger charge is -2.21. The van der Waals surface area contributed by atoms with Crippen molar-refractivity contribution in [2.45, 2.75) is 56.9 Å². The summed E-state index contributed by atoms with van der Waals surface area (Å²) in [5, 5.41) is 4.65. The Labute approximate surface area is 110 Å². The number of aromatic nitrogens is 2. The van der Waals surface area contributed by atoms with Crippen molar-refractivity contribution in [2.75, 3.05) is 0 Å². The van der Waals surface area contributed by atoms with Gasteiger partial charge in [0.15, 0.2) is 0 Å². The molecule has 1 aromatic heterocycles. The van der Waals surface area contributed by atoms with E-state index in [1.54, 1.807) is 0 Å². The van der Waals surface area contributed by atoms with Gasteiger partial charge in [0.05, 0.1) is 16.4 Å². The summed E-state index contributed by atoms with van der Waals surface area (Å²) in [5.41, 5.74) is 1.30. The summed E-state index contributed by atoms with van der Waals surface area (Å²) in [5.74, 6) is 0.459. The molecule has 0 N–H and O–H groups in total. The Kier molecular flexibility index (Phi) is 4.31. The first-order chi connectivity index (χ1) is 7.74. The zero-order valence-electron chi connectivity index (χ0n) is 9.63. The highest BCUT2D eigenvalue weighted by molar-refractivity contribution is 9.10. The van der Waals surface area contributed by atoms with Crippen LogP contribution >= 0.6 is 27.5 Å². The third-order valence-corrected chi connectivity index (χ3v) is 4.55. The molecule has 90 valence electrons. The van der Waals surface area contributed by atoms with Crippen LogP contribution in [0.1, 0.15) is 50.6 Å². The first-order valence-corrected chi connectivity index (χ1v) is 7.32. The first kappa shape index (κ1) is 12.4. The quantitative estimate of drug-likeness (QED) is 0.588. The average Bonchev–Trinajstić information content (AvgIpc) is 2.51. The lowest BCUT2D eigenvalue weighted by molar-refractivity contribution is 0.520. The molecular weight excluding hydrogens is 288 g/mol. The van der Waals surface area contributed by atoms with Crippen LogP contribution in [0.25, 0.3) is 0 Å². The van der Waals surface area contributed by atoms with Crippen LogP contribution in [-0.4, -0.2) is 15.2 Å². The van der Waals surface area contributed by atoms with Crippen LogP contribution in [-0.2, 0) is 6.54 Å². The van der Waals surface area contributed by atoms with E-state index in [1.165, 1.54) is 31.4 Å². The van der Waals surface area contributed by atoms with Crippen LogP contribution in [0.2, 0.25) is 0 Å². The Balaban J connectivity index is 2.29. The normalized spacial score (nSPS) is 26.7. The summed E-state index contributed by atoms with van der Waals surface area (Å²) in [6.07, 6.45) is 8.09. The predicted molar refractivity (Wildman–Crippen MR) is 71.1 cm³/mol. The predicted octanol–water partition coefficient (Wildman–Crippen LogP) is 4.32. The van der Waals surface area contributed by atoms with Gasteiger partial charge in [-0.3, -0.25) is 4.68 Å². The number of alkyl halides is 1. The van der Waals surface area contributed by atoms with Crippen molar-refractivity contribution in [3.05, 3.63) is 16.4 Å². The molecule has 0 saturated heterocycles. The van der Waals surface area contributed by atoms with Gasteiger partial charge in [0.2, 0.25) is 0 Å². The zero-order valence-corrected chi connectivity index (χ0v) is 12.0. The van der Waals surface area contributed by atoms with E-state index in [4.69, 9.17) is 11.6 Å². The first-order valence-electron chi connectivity index (χ1n) is 6.09. The Morgan fingerprint density at radius 1 is 1.44 bits per heavy atom. The summed E-state index contributed by atoms with van der Waals surface area (Å²) in [4.78, 5) is 0. The molecule has 2 rings (SSSR count). The minimum Gasteiger partial charge on any atom is -0.268 e. The van der Waals surface area contributed by atoms with Gasteiger partial charge in [-0.05, 0) is 35.7 Å². The highest BCUT2D eigenvalue weighted by Crippen LogP contribution is 2.38. The third-order valence-electron chi connectivity index (χ3n) is 3.42. The minimum absolute atomic E-state index is 0.265. The van der Waals surface area contributed by atoms with Gasteiger partial charge in [0.1, 0.15) is 0 Å². The van der Waals surface area contributed by atoms with E-state index in [0.717, 1.165) is 17.4 Å². The molecule has 0 aliphatic heterocycles. The standard InChI is InChI=1S/C12H18BrClN2/c1-2-16-12(10(13)8-15-16)9-6-4-3-5-7-11(9)14/h8-9,11H,2-7H2,1H3. The largest absolute Gasteiger partial charge is 0.268 e. The molecule has 4 heteroatoms. The SMILES string of the molecule is CCn1ncc(Br)c1C1CCCCCC1Cl.